The van der Waals surface area contributed by atoms with Gasteiger partial charge in [0.25, 0.3) is 0 Å². The van der Waals surface area contributed by atoms with E-state index in [1.807, 2.05) is 25.3 Å². The van der Waals surface area contributed by atoms with Gasteiger partial charge >= 0.3 is 0 Å². The van der Waals surface area contributed by atoms with E-state index in [9.17, 15) is 4.79 Å². The zero-order valence-corrected chi connectivity index (χ0v) is 18.8. The molecule has 7 heteroatoms. The van der Waals surface area contributed by atoms with Gasteiger partial charge in [0, 0.05) is 17.8 Å². The van der Waals surface area contributed by atoms with Gasteiger partial charge in [-0.15, -0.1) is 0 Å². The zero-order chi connectivity index (χ0) is 22.1. The van der Waals surface area contributed by atoms with Gasteiger partial charge in [-0.1, -0.05) is 19.3 Å². The minimum atomic E-state index is -0.00597. The molecule has 0 spiro atoms. The molecule has 0 N–H and O–H groups in total. The second-order valence-corrected chi connectivity index (χ2v) is 8.04. The fourth-order valence-electron chi connectivity index (χ4n) is 4.52. The fraction of sp³-hybridized carbons (Fsp3) is 0.458. The van der Waals surface area contributed by atoms with Crippen LogP contribution >= 0.6 is 0 Å². The fourth-order valence-corrected chi connectivity index (χ4v) is 4.52. The van der Waals surface area contributed by atoms with Gasteiger partial charge in [-0.2, -0.15) is 0 Å². The Bertz CT molecular complexity index is 1100. The molecular weight excluding hydrogens is 394 g/mol. The molecule has 2 heterocycles. The van der Waals surface area contributed by atoms with Crippen molar-refractivity contribution in [2.24, 2.45) is 0 Å². The molecule has 3 aromatic rings. The van der Waals surface area contributed by atoms with Crippen molar-refractivity contribution in [1.82, 2.24) is 14.5 Å². The van der Waals surface area contributed by atoms with Crippen LogP contribution in [0.15, 0.2) is 18.3 Å². The predicted octanol–water partition coefficient (Wildman–Crippen LogP) is 5.14. The normalized spacial score (nSPS) is 14.6. The maximum atomic E-state index is 12.4. The number of methoxy groups -OCH3 is 3. The van der Waals surface area contributed by atoms with Crippen molar-refractivity contribution >= 4 is 16.9 Å². The molecule has 0 aliphatic heterocycles. The van der Waals surface area contributed by atoms with Gasteiger partial charge in [0.15, 0.2) is 22.9 Å². The quantitative estimate of drug-likeness (QED) is 0.511. The first-order valence-corrected chi connectivity index (χ1v) is 10.7. The Hall–Kier alpha value is -3.09. The SMILES string of the molecule is COc1cc(-c2nc3c(C(C)=O)cn(C4CCCCC4)c3nc2C)cc(OC)c1OC. The molecule has 4 rings (SSSR count). The van der Waals surface area contributed by atoms with Crippen LogP contribution in [0.2, 0.25) is 0 Å². The lowest BCUT2D eigenvalue weighted by Gasteiger charge is -2.23. The highest BCUT2D eigenvalue weighted by atomic mass is 16.5. The second-order valence-electron chi connectivity index (χ2n) is 8.04. The van der Waals surface area contributed by atoms with E-state index in [-0.39, 0.29) is 5.78 Å². The molecule has 0 atom stereocenters. The lowest BCUT2D eigenvalue weighted by atomic mass is 9.95. The van der Waals surface area contributed by atoms with Crippen LogP contribution in [0, 0.1) is 6.92 Å². The minimum absolute atomic E-state index is 0.00597. The van der Waals surface area contributed by atoms with Gasteiger partial charge in [0.1, 0.15) is 5.52 Å². The van der Waals surface area contributed by atoms with Crippen molar-refractivity contribution in [3.05, 3.63) is 29.6 Å². The summed E-state index contributed by atoms with van der Waals surface area (Å²) in [5, 5.41) is 0. The monoisotopic (exact) mass is 423 g/mol. The summed E-state index contributed by atoms with van der Waals surface area (Å²) in [4.78, 5) is 22.3. The molecular formula is C24H29N3O4. The molecule has 1 aliphatic carbocycles. The Morgan fingerprint density at radius 1 is 1.00 bits per heavy atom. The average molecular weight is 424 g/mol. The van der Waals surface area contributed by atoms with Crippen molar-refractivity contribution < 1.29 is 19.0 Å². The van der Waals surface area contributed by atoms with E-state index in [4.69, 9.17) is 24.2 Å². The summed E-state index contributed by atoms with van der Waals surface area (Å²) in [5.74, 6) is 1.61. The Morgan fingerprint density at radius 2 is 1.65 bits per heavy atom. The summed E-state index contributed by atoms with van der Waals surface area (Å²) in [5.41, 5.74) is 4.31. The largest absolute Gasteiger partial charge is 0.493 e. The number of carbonyl (C=O) groups is 1. The maximum absolute atomic E-state index is 12.4. The number of Topliss-reactive ketones (excluding diaryl/α,β-unsaturated/α-hetero) is 1. The number of benzene rings is 1. The van der Waals surface area contributed by atoms with Gasteiger partial charge in [-0.3, -0.25) is 4.79 Å². The summed E-state index contributed by atoms with van der Waals surface area (Å²) in [6.07, 6.45) is 7.84. The molecule has 1 aromatic carbocycles. The summed E-state index contributed by atoms with van der Waals surface area (Å²) in [6, 6.07) is 4.08. The molecule has 31 heavy (non-hydrogen) atoms. The molecule has 0 radical (unpaired) electrons. The number of carbonyl (C=O) groups excluding carboxylic acids is 1. The van der Waals surface area contributed by atoms with Crippen LogP contribution in [-0.4, -0.2) is 41.6 Å². The van der Waals surface area contributed by atoms with E-state index in [2.05, 4.69) is 4.57 Å². The van der Waals surface area contributed by atoms with Crippen molar-refractivity contribution in [2.45, 2.75) is 52.0 Å². The third-order valence-electron chi connectivity index (χ3n) is 6.11. The van der Waals surface area contributed by atoms with Crippen molar-refractivity contribution in [3.8, 4) is 28.5 Å². The first-order chi connectivity index (χ1) is 15.0. The number of aryl methyl sites for hydroxylation is 1. The standard InChI is InChI=1S/C24H29N3O4/c1-14-21(16-11-19(29-3)23(31-5)20(12-16)30-4)26-22-18(15(2)28)13-27(24(22)25-14)17-9-7-6-8-10-17/h11-13,17H,6-10H2,1-5H3. The third kappa shape index (κ3) is 3.73. The Labute approximate surface area is 182 Å². The number of hydrogen-bond donors (Lipinski definition) is 0. The highest BCUT2D eigenvalue weighted by Crippen LogP contribution is 2.42. The third-order valence-corrected chi connectivity index (χ3v) is 6.11. The molecule has 7 nitrogen and oxygen atoms in total. The molecule has 1 aliphatic rings. The van der Waals surface area contributed by atoms with E-state index in [1.54, 1.807) is 28.3 Å². The maximum Gasteiger partial charge on any atom is 0.203 e. The van der Waals surface area contributed by atoms with E-state index in [0.29, 0.717) is 40.1 Å². The van der Waals surface area contributed by atoms with Gasteiger partial charge in [0.2, 0.25) is 5.75 Å². The topological polar surface area (TPSA) is 75.5 Å². The number of ketones is 1. The number of rotatable bonds is 6. The van der Waals surface area contributed by atoms with Gasteiger partial charge < -0.3 is 18.8 Å². The summed E-state index contributed by atoms with van der Waals surface area (Å²) >= 11 is 0. The molecule has 1 saturated carbocycles. The van der Waals surface area contributed by atoms with Crippen LogP contribution in [0.5, 0.6) is 17.2 Å². The summed E-state index contributed by atoms with van der Waals surface area (Å²) in [6.45, 7) is 3.53. The van der Waals surface area contributed by atoms with Gasteiger partial charge in [-0.25, -0.2) is 9.97 Å². The highest BCUT2D eigenvalue weighted by Gasteiger charge is 2.24. The van der Waals surface area contributed by atoms with E-state index in [0.717, 1.165) is 29.7 Å². The van der Waals surface area contributed by atoms with E-state index >= 15 is 0 Å². The zero-order valence-electron chi connectivity index (χ0n) is 18.8. The number of aromatic nitrogens is 3. The average Bonchev–Trinajstić information content (AvgIpc) is 3.16. The Balaban J connectivity index is 1.92. The Morgan fingerprint density at radius 3 is 2.19 bits per heavy atom. The predicted molar refractivity (Wildman–Crippen MR) is 119 cm³/mol. The smallest absolute Gasteiger partial charge is 0.203 e. The first kappa shape index (κ1) is 21.2. The summed E-state index contributed by atoms with van der Waals surface area (Å²) in [7, 11) is 4.74. The van der Waals surface area contributed by atoms with Crippen molar-refractivity contribution in [3.63, 3.8) is 0 Å². The minimum Gasteiger partial charge on any atom is -0.493 e. The highest BCUT2D eigenvalue weighted by molar-refractivity contribution is 6.05. The molecule has 0 bridgehead atoms. The number of fused-ring (bicyclic) bond motifs is 1. The number of hydrogen-bond acceptors (Lipinski definition) is 6. The lowest BCUT2D eigenvalue weighted by Crippen LogP contribution is -2.12. The van der Waals surface area contributed by atoms with E-state index < -0.39 is 0 Å². The van der Waals surface area contributed by atoms with Crippen LogP contribution in [0.4, 0.5) is 0 Å². The van der Waals surface area contributed by atoms with Gasteiger partial charge in [0.05, 0.1) is 38.3 Å². The molecule has 0 amide bonds. The van der Waals surface area contributed by atoms with Crippen LogP contribution < -0.4 is 14.2 Å². The molecule has 0 saturated heterocycles. The van der Waals surface area contributed by atoms with Crippen LogP contribution in [0.25, 0.3) is 22.4 Å². The van der Waals surface area contributed by atoms with E-state index in [1.165, 1.54) is 19.3 Å². The number of ether oxygens (including phenoxy) is 3. The molecule has 1 fully saturated rings. The summed E-state index contributed by atoms with van der Waals surface area (Å²) < 4.78 is 18.6. The lowest BCUT2D eigenvalue weighted by molar-refractivity contribution is 0.101. The van der Waals surface area contributed by atoms with Crippen molar-refractivity contribution in [1.29, 1.82) is 0 Å². The molecule has 2 aromatic heterocycles. The second kappa shape index (κ2) is 8.57. The molecule has 164 valence electrons. The first-order valence-electron chi connectivity index (χ1n) is 10.7. The van der Waals surface area contributed by atoms with Gasteiger partial charge in [-0.05, 0) is 38.8 Å². The molecule has 0 unspecified atom stereocenters. The van der Waals surface area contributed by atoms with Crippen LogP contribution in [0.1, 0.15) is 61.1 Å². The number of nitrogens with zero attached hydrogens (tertiary/aromatic N) is 3. The Kier molecular flexibility index (Phi) is 5.85. The van der Waals surface area contributed by atoms with Crippen molar-refractivity contribution in [2.75, 3.05) is 21.3 Å². The van der Waals surface area contributed by atoms with Crippen LogP contribution in [0.3, 0.4) is 0 Å². The van der Waals surface area contributed by atoms with Crippen LogP contribution in [-0.2, 0) is 0 Å².